The lowest BCUT2D eigenvalue weighted by molar-refractivity contribution is 0.230. The average Bonchev–Trinajstić information content (AvgIpc) is 2.93. The Balaban J connectivity index is 1.86. The van der Waals surface area contributed by atoms with E-state index in [4.69, 9.17) is 0 Å². The van der Waals surface area contributed by atoms with Gasteiger partial charge in [-0.1, -0.05) is 13.0 Å². The van der Waals surface area contributed by atoms with Crippen molar-refractivity contribution in [3.05, 3.63) is 24.9 Å². The lowest BCUT2D eigenvalue weighted by atomic mass is 10.1. The molecule has 2 rings (SSSR count). The van der Waals surface area contributed by atoms with E-state index in [0.717, 1.165) is 44.6 Å². The molecule has 2 atom stereocenters. The SMILES string of the molecule is C=CC[C@H](CC)NC(=O)N[C@H]1CCCN(c2ccnn2C)C1. The zero-order valence-corrected chi connectivity index (χ0v) is 13.6. The Labute approximate surface area is 132 Å². The molecule has 6 nitrogen and oxygen atoms in total. The molecule has 0 saturated carbocycles. The summed E-state index contributed by atoms with van der Waals surface area (Å²) in [7, 11) is 1.94. The lowest BCUT2D eigenvalue weighted by Crippen LogP contribution is -2.52. The second-order valence-electron chi connectivity index (χ2n) is 5.85. The fourth-order valence-electron chi connectivity index (χ4n) is 2.92. The predicted molar refractivity (Wildman–Crippen MR) is 89.0 cm³/mol. The summed E-state index contributed by atoms with van der Waals surface area (Å²) in [5.41, 5.74) is 0. The molecule has 22 heavy (non-hydrogen) atoms. The molecule has 1 saturated heterocycles. The van der Waals surface area contributed by atoms with Crippen LogP contribution < -0.4 is 15.5 Å². The number of aryl methyl sites for hydroxylation is 1. The van der Waals surface area contributed by atoms with Crippen LogP contribution in [-0.2, 0) is 7.05 Å². The molecule has 0 unspecified atom stereocenters. The number of carbonyl (C=O) groups excluding carboxylic acids is 1. The van der Waals surface area contributed by atoms with Gasteiger partial charge in [-0.15, -0.1) is 6.58 Å². The number of nitrogens with one attached hydrogen (secondary N) is 2. The third-order valence-corrected chi connectivity index (χ3v) is 4.15. The maximum Gasteiger partial charge on any atom is 0.315 e. The Morgan fingerprint density at radius 1 is 1.64 bits per heavy atom. The van der Waals surface area contributed by atoms with E-state index in [-0.39, 0.29) is 18.1 Å². The van der Waals surface area contributed by atoms with Gasteiger partial charge in [0.15, 0.2) is 0 Å². The first kappa shape index (κ1) is 16.4. The van der Waals surface area contributed by atoms with Gasteiger partial charge in [0.2, 0.25) is 0 Å². The van der Waals surface area contributed by atoms with E-state index in [9.17, 15) is 4.79 Å². The van der Waals surface area contributed by atoms with Crippen LogP contribution in [0.3, 0.4) is 0 Å². The van der Waals surface area contributed by atoms with Gasteiger partial charge in [0.1, 0.15) is 5.82 Å². The van der Waals surface area contributed by atoms with Crippen molar-refractivity contribution >= 4 is 11.8 Å². The van der Waals surface area contributed by atoms with Crippen molar-refractivity contribution in [3.63, 3.8) is 0 Å². The number of hydrogen-bond acceptors (Lipinski definition) is 3. The molecule has 2 amide bonds. The highest BCUT2D eigenvalue weighted by Gasteiger charge is 2.23. The summed E-state index contributed by atoms with van der Waals surface area (Å²) in [4.78, 5) is 14.4. The Bertz CT molecular complexity index is 498. The van der Waals surface area contributed by atoms with Crippen LogP contribution in [0.2, 0.25) is 0 Å². The smallest absolute Gasteiger partial charge is 0.315 e. The molecule has 6 heteroatoms. The molecule has 0 aromatic carbocycles. The van der Waals surface area contributed by atoms with Crippen molar-refractivity contribution < 1.29 is 4.79 Å². The fraction of sp³-hybridized carbons (Fsp3) is 0.625. The van der Waals surface area contributed by atoms with E-state index >= 15 is 0 Å². The summed E-state index contributed by atoms with van der Waals surface area (Å²) in [6.45, 7) is 7.63. The summed E-state index contributed by atoms with van der Waals surface area (Å²) in [5.74, 6) is 1.10. The lowest BCUT2D eigenvalue weighted by Gasteiger charge is -2.34. The third-order valence-electron chi connectivity index (χ3n) is 4.15. The normalized spacial score (nSPS) is 19.5. The summed E-state index contributed by atoms with van der Waals surface area (Å²) < 4.78 is 1.87. The van der Waals surface area contributed by atoms with Gasteiger partial charge in [0.05, 0.1) is 6.20 Å². The zero-order valence-electron chi connectivity index (χ0n) is 13.6. The molecule has 122 valence electrons. The Morgan fingerprint density at radius 3 is 3.09 bits per heavy atom. The van der Waals surface area contributed by atoms with E-state index < -0.39 is 0 Å². The second-order valence-corrected chi connectivity index (χ2v) is 5.85. The van der Waals surface area contributed by atoms with Crippen LogP contribution in [0.5, 0.6) is 0 Å². The maximum absolute atomic E-state index is 12.1. The molecule has 0 radical (unpaired) electrons. The molecular weight excluding hydrogens is 278 g/mol. The largest absolute Gasteiger partial charge is 0.355 e. The van der Waals surface area contributed by atoms with Crippen LogP contribution >= 0.6 is 0 Å². The number of carbonyl (C=O) groups is 1. The Hall–Kier alpha value is -1.98. The predicted octanol–water partition coefficient (Wildman–Crippen LogP) is 2.04. The van der Waals surface area contributed by atoms with Crippen molar-refractivity contribution in [1.29, 1.82) is 0 Å². The van der Waals surface area contributed by atoms with E-state index in [0.29, 0.717) is 0 Å². The van der Waals surface area contributed by atoms with Gasteiger partial charge >= 0.3 is 6.03 Å². The maximum atomic E-state index is 12.1. The third kappa shape index (κ3) is 4.26. The number of anilines is 1. The number of rotatable bonds is 6. The monoisotopic (exact) mass is 305 g/mol. The van der Waals surface area contributed by atoms with Crippen LogP contribution in [0.4, 0.5) is 10.6 Å². The first-order valence-corrected chi connectivity index (χ1v) is 8.05. The topological polar surface area (TPSA) is 62.2 Å². The van der Waals surface area contributed by atoms with Crippen LogP contribution in [0, 0.1) is 0 Å². The molecule has 1 fully saturated rings. The molecule has 2 N–H and O–H groups in total. The van der Waals surface area contributed by atoms with Gasteiger partial charge in [-0.25, -0.2) is 4.79 Å². The first-order chi connectivity index (χ1) is 10.6. The molecule has 1 aromatic rings. The Kier molecular flexibility index (Phi) is 5.86. The van der Waals surface area contributed by atoms with Crippen LogP contribution in [-0.4, -0.2) is 41.0 Å². The van der Waals surface area contributed by atoms with Gasteiger partial charge in [0, 0.05) is 38.3 Å². The molecular formula is C16H27N5O. The van der Waals surface area contributed by atoms with Gasteiger partial charge in [-0.3, -0.25) is 4.68 Å². The minimum Gasteiger partial charge on any atom is -0.355 e. The summed E-state index contributed by atoms with van der Waals surface area (Å²) in [6.07, 6.45) is 7.44. The molecule has 0 aliphatic carbocycles. The Morgan fingerprint density at radius 2 is 2.45 bits per heavy atom. The van der Waals surface area contributed by atoms with Crippen LogP contribution in [0.25, 0.3) is 0 Å². The molecule has 1 aliphatic heterocycles. The highest BCUT2D eigenvalue weighted by Crippen LogP contribution is 2.18. The van der Waals surface area contributed by atoms with Crippen molar-refractivity contribution in [2.24, 2.45) is 7.05 Å². The number of aromatic nitrogens is 2. The molecule has 2 heterocycles. The van der Waals surface area contributed by atoms with E-state index in [1.165, 1.54) is 0 Å². The highest BCUT2D eigenvalue weighted by atomic mass is 16.2. The van der Waals surface area contributed by atoms with Crippen LogP contribution in [0.15, 0.2) is 24.9 Å². The fourth-order valence-corrected chi connectivity index (χ4v) is 2.92. The van der Waals surface area contributed by atoms with Crippen molar-refractivity contribution in [1.82, 2.24) is 20.4 Å². The summed E-state index contributed by atoms with van der Waals surface area (Å²) in [5, 5.41) is 10.3. The summed E-state index contributed by atoms with van der Waals surface area (Å²) >= 11 is 0. The van der Waals surface area contributed by atoms with E-state index in [1.807, 2.05) is 23.9 Å². The number of nitrogens with zero attached hydrogens (tertiary/aromatic N) is 3. The van der Waals surface area contributed by atoms with E-state index in [2.05, 4.69) is 34.1 Å². The van der Waals surface area contributed by atoms with Gasteiger partial charge in [-0.2, -0.15) is 5.10 Å². The minimum atomic E-state index is -0.0782. The van der Waals surface area contributed by atoms with Crippen molar-refractivity contribution in [3.8, 4) is 0 Å². The highest BCUT2D eigenvalue weighted by molar-refractivity contribution is 5.74. The van der Waals surface area contributed by atoms with Crippen molar-refractivity contribution in [2.45, 2.75) is 44.7 Å². The van der Waals surface area contributed by atoms with Gasteiger partial charge in [-0.05, 0) is 25.7 Å². The number of hydrogen-bond donors (Lipinski definition) is 2. The summed E-state index contributed by atoms with van der Waals surface area (Å²) in [6, 6.07) is 2.27. The second kappa shape index (κ2) is 7.87. The first-order valence-electron chi connectivity index (χ1n) is 8.05. The molecule has 0 spiro atoms. The van der Waals surface area contributed by atoms with Gasteiger partial charge < -0.3 is 15.5 Å². The van der Waals surface area contributed by atoms with Crippen LogP contribution in [0.1, 0.15) is 32.6 Å². The minimum absolute atomic E-state index is 0.0782. The molecule has 1 aromatic heterocycles. The number of piperidine rings is 1. The zero-order chi connectivity index (χ0) is 15.9. The molecule has 0 bridgehead atoms. The number of urea groups is 1. The average molecular weight is 305 g/mol. The van der Waals surface area contributed by atoms with E-state index in [1.54, 1.807) is 6.20 Å². The van der Waals surface area contributed by atoms with Gasteiger partial charge in [0.25, 0.3) is 0 Å². The standard InChI is InChI=1S/C16H27N5O/c1-4-7-13(5-2)18-16(22)19-14-8-6-11-21(12-14)15-9-10-17-20(15)3/h4,9-10,13-14H,1,5-8,11-12H2,2-3H3,(H2,18,19,22)/t13-,14-/m0/s1. The molecule has 1 aliphatic rings. The quantitative estimate of drug-likeness (QED) is 0.791. The van der Waals surface area contributed by atoms with Crippen molar-refractivity contribution in [2.75, 3.05) is 18.0 Å². The number of amides is 2.